The van der Waals surface area contributed by atoms with Gasteiger partial charge in [0, 0.05) is 19.1 Å². The monoisotopic (exact) mass is 319 g/mol. The summed E-state index contributed by atoms with van der Waals surface area (Å²) in [7, 11) is 0. The lowest BCUT2D eigenvalue weighted by molar-refractivity contribution is -0.141. The van der Waals surface area contributed by atoms with E-state index in [-0.39, 0.29) is 17.9 Å². The number of hydrogen-bond acceptors (Lipinski definition) is 4. The van der Waals surface area contributed by atoms with Crippen LogP contribution in [0.4, 0.5) is 0 Å². The van der Waals surface area contributed by atoms with E-state index in [2.05, 4.69) is 5.32 Å². The molecule has 2 amide bonds. The van der Waals surface area contributed by atoms with E-state index >= 15 is 0 Å². The molecule has 0 atom stereocenters. The third-order valence-electron chi connectivity index (χ3n) is 5.07. The van der Waals surface area contributed by atoms with Gasteiger partial charge in [-0.05, 0) is 52.0 Å². The lowest BCUT2D eigenvalue weighted by Gasteiger charge is -2.42. The first-order chi connectivity index (χ1) is 10.9. The largest absolute Gasteiger partial charge is 0.466 e. The van der Waals surface area contributed by atoms with Crippen molar-refractivity contribution in [3.8, 4) is 0 Å². The summed E-state index contributed by atoms with van der Waals surface area (Å²) in [6.45, 7) is 4.94. The number of aryl methyl sites for hydroxylation is 2. The zero-order valence-corrected chi connectivity index (χ0v) is 13.9. The number of hydrogen-bond donors (Lipinski definition) is 2. The molecule has 0 spiro atoms. The quantitative estimate of drug-likeness (QED) is 0.883. The van der Waals surface area contributed by atoms with Gasteiger partial charge in [0.15, 0.2) is 0 Å². The van der Waals surface area contributed by atoms with Gasteiger partial charge >= 0.3 is 0 Å². The Labute approximate surface area is 136 Å². The summed E-state index contributed by atoms with van der Waals surface area (Å²) < 4.78 is 5.40. The van der Waals surface area contributed by atoms with Crippen molar-refractivity contribution in [1.29, 1.82) is 0 Å². The molecule has 6 heteroatoms. The van der Waals surface area contributed by atoms with Crippen LogP contribution < -0.4 is 11.1 Å². The summed E-state index contributed by atoms with van der Waals surface area (Å²) >= 11 is 0. The highest BCUT2D eigenvalue weighted by Crippen LogP contribution is 2.31. The van der Waals surface area contributed by atoms with Crippen molar-refractivity contribution in [3.05, 3.63) is 23.2 Å². The third-order valence-corrected chi connectivity index (χ3v) is 5.07. The molecule has 1 aliphatic carbocycles. The highest BCUT2D eigenvalue weighted by Gasteiger charge is 2.43. The number of likely N-dealkylation sites (tertiary alicyclic amines) is 1. The fourth-order valence-corrected chi connectivity index (χ4v) is 3.43. The van der Waals surface area contributed by atoms with Crippen LogP contribution in [0, 0.1) is 13.8 Å². The molecule has 0 bridgehead atoms. The fraction of sp³-hybridized carbons (Fsp3) is 0.647. The number of amides is 2. The predicted octanol–water partition coefficient (Wildman–Crippen LogP) is 1.50. The highest BCUT2D eigenvalue weighted by atomic mass is 16.3. The van der Waals surface area contributed by atoms with Gasteiger partial charge in [-0.2, -0.15) is 0 Å². The minimum absolute atomic E-state index is 0.0785. The van der Waals surface area contributed by atoms with Gasteiger partial charge in [-0.1, -0.05) is 0 Å². The molecule has 2 fully saturated rings. The van der Waals surface area contributed by atoms with E-state index in [0.29, 0.717) is 24.4 Å². The summed E-state index contributed by atoms with van der Waals surface area (Å²) in [6, 6.07) is 1.86. The van der Waals surface area contributed by atoms with E-state index in [1.807, 2.05) is 11.8 Å². The minimum atomic E-state index is -0.623. The van der Waals surface area contributed by atoms with Gasteiger partial charge in [-0.15, -0.1) is 0 Å². The molecule has 6 nitrogen and oxygen atoms in total. The first-order valence-electron chi connectivity index (χ1n) is 8.35. The number of furan rings is 1. The van der Waals surface area contributed by atoms with Gasteiger partial charge in [0.1, 0.15) is 11.5 Å². The second-order valence-electron chi connectivity index (χ2n) is 6.88. The van der Waals surface area contributed by atoms with E-state index in [1.54, 1.807) is 13.0 Å². The number of rotatable bonds is 3. The van der Waals surface area contributed by atoms with Gasteiger partial charge < -0.3 is 20.4 Å². The van der Waals surface area contributed by atoms with E-state index in [0.717, 1.165) is 37.9 Å². The topological polar surface area (TPSA) is 88.6 Å². The SMILES string of the molecule is Cc1cc(C(=O)NC2CCN(C(=O)C3(N)CCC3)CC2)c(C)o1. The van der Waals surface area contributed by atoms with Crippen molar-refractivity contribution < 1.29 is 14.0 Å². The summed E-state index contributed by atoms with van der Waals surface area (Å²) in [5.41, 5.74) is 6.09. The van der Waals surface area contributed by atoms with E-state index < -0.39 is 5.54 Å². The number of piperidine rings is 1. The molecular weight excluding hydrogens is 294 g/mol. The zero-order chi connectivity index (χ0) is 16.6. The summed E-state index contributed by atoms with van der Waals surface area (Å²) in [6.07, 6.45) is 4.16. The van der Waals surface area contributed by atoms with Crippen molar-refractivity contribution >= 4 is 11.8 Å². The number of nitrogens with one attached hydrogen (secondary N) is 1. The van der Waals surface area contributed by atoms with Gasteiger partial charge in [-0.25, -0.2) is 0 Å². The average molecular weight is 319 g/mol. The van der Waals surface area contributed by atoms with E-state index in [9.17, 15) is 9.59 Å². The lowest BCUT2D eigenvalue weighted by atomic mass is 9.76. The summed E-state index contributed by atoms with van der Waals surface area (Å²) in [4.78, 5) is 26.6. The molecule has 0 aromatic carbocycles. The molecule has 3 rings (SSSR count). The Kier molecular flexibility index (Phi) is 4.19. The van der Waals surface area contributed by atoms with Crippen LogP contribution in [0.3, 0.4) is 0 Å². The Hall–Kier alpha value is -1.82. The molecule has 0 radical (unpaired) electrons. The maximum absolute atomic E-state index is 12.4. The second-order valence-corrected chi connectivity index (χ2v) is 6.88. The number of nitrogens with two attached hydrogens (primary N) is 1. The number of carbonyl (C=O) groups is 2. The molecule has 1 aromatic heterocycles. The Morgan fingerprint density at radius 1 is 1.30 bits per heavy atom. The first-order valence-corrected chi connectivity index (χ1v) is 8.35. The van der Waals surface area contributed by atoms with Crippen LogP contribution in [0.5, 0.6) is 0 Å². The van der Waals surface area contributed by atoms with Crippen LogP contribution in [0.1, 0.15) is 54.0 Å². The van der Waals surface area contributed by atoms with Crippen LogP contribution in [-0.2, 0) is 4.79 Å². The zero-order valence-electron chi connectivity index (χ0n) is 13.9. The van der Waals surface area contributed by atoms with Crippen LogP contribution in [0.25, 0.3) is 0 Å². The summed E-state index contributed by atoms with van der Waals surface area (Å²) in [5, 5.41) is 3.05. The second kappa shape index (κ2) is 6.00. The van der Waals surface area contributed by atoms with E-state index in [4.69, 9.17) is 10.2 Å². The Morgan fingerprint density at radius 3 is 2.43 bits per heavy atom. The maximum Gasteiger partial charge on any atom is 0.255 e. The highest BCUT2D eigenvalue weighted by molar-refractivity contribution is 5.95. The smallest absolute Gasteiger partial charge is 0.255 e. The molecule has 3 N–H and O–H groups in total. The van der Waals surface area contributed by atoms with Crippen molar-refractivity contribution in [3.63, 3.8) is 0 Å². The molecule has 1 saturated carbocycles. The predicted molar refractivity (Wildman–Crippen MR) is 86.0 cm³/mol. The van der Waals surface area contributed by atoms with Gasteiger partial charge in [0.2, 0.25) is 5.91 Å². The third kappa shape index (κ3) is 3.13. The Bertz CT molecular complexity index is 611. The Balaban J connectivity index is 1.52. The lowest BCUT2D eigenvalue weighted by Crippen LogP contribution is -2.61. The number of nitrogens with zero attached hydrogens (tertiary/aromatic N) is 1. The van der Waals surface area contributed by atoms with Crippen molar-refractivity contribution in [2.24, 2.45) is 5.73 Å². The average Bonchev–Trinajstić information content (AvgIpc) is 2.83. The molecule has 1 aromatic rings. The normalized spacial score (nSPS) is 20.9. The Morgan fingerprint density at radius 2 is 1.96 bits per heavy atom. The molecular formula is C17H25N3O3. The number of carbonyl (C=O) groups excluding carboxylic acids is 2. The van der Waals surface area contributed by atoms with Crippen LogP contribution >= 0.6 is 0 Å². The van der Waals surface area contributed by atoms with E-state index in [1.165, 1.54) is 0 Å². The first kappa shape index (κ1) is 16.1. The molecule has 2 aliphatic rings. The fourth-order valence-electron chi connectivity index (χ4n) is 3.43. The molecule has 23 heavy (non-hydrogen) atoms. The van der Waals surface area contributed by atoms with Crippen molar-refractivity contribution in [2.45, 2.75) is 57.5 Å². The van der Waals surface area contributed by atoms with Gasteiger partial charge in [-0.3, -0.25) is 9.59 Å². The molecule has 1 saturated heterocycles. The van der Waals surface area contributed by atoms with Crippen LogP contribution in [0.15, 0.2) is 10.5 Å². The molecule has 1 aliphatic heterocycles. The van der Waals surface area contributed by atoms with Crippen LogP contribution in [0.2, 0.25) is 0 Å². The van der Waals surface area contributed by atoms with Crippen molar-refractivity contribution in [2.75, 3.05) is 13.1 Å². The molecule has 2 heterocycles. The van der Waals surface area contributed by atoms with Gasteiger partial charge in [0.05, 0.1) is 11.1 Å². The molecule has 126 valence electrons. The summed E-state index contributed by atoms with van der Waals surface area (Å²) in [5.74, 6) is 1.36. The maximum atomic E-state index is 12.4. The van der Waals surface area contributed by atoms with Crippen LogP contribution in [-0.4, -0.2) is 41.4 Å². The standard InChI is InChI=1S/C17H25N3O3/c1-11-10-14(12(2)23-11)15(21)19-13-4-8-20(9-5-13)16(22)17(18)6-3-7-17/h10,13H,3-9,18H2,1-2H3,(H,19,21). The minimum Gasteiger partial charge on any atom is -0.466 e. The van der Waals surface area contributed by atoms with Gasteiger partial charge in [0.25, 0.3) is 5.91 Å². The molecule has 0 unspecified atom stereocenters. The van der Waals surface area contributed by atoms with Crippen molar-refractivity contribution in [1.82, 2.24) is 10.2 Å².